The van der Waals surface area contributed by atoms with Crippen molar-refractivity contribution in [2.45, 2.75) is 0 Å². The zero-order valence-corrected chi connectivity index (χ0v) is 6.14. The molecule has 60 valence electrons. The molecule has 1 aromatic carbocycles. The average molecular weight is 162 g/mol. The molecule has 5 heteroatoms. The number of rotatable bonds is 2. The number of primary amides is 1. The standard InChI is InChI=1S/C7H6N4O/c8-7(12)5-2-1-3-6(4-5)10-11-9/h1-4H,(H2,8,12). The summed E-state index contributed by atoms with van der Waals surface area (Å²) >= 11 is 0. The van der Waals surface area contributed by atoms with Crippen molar-refractivity contribution >= 4 is 11.6 Å². The molecule has 0 saturated carbocycles. The van der Waals surface area contributed by atoms with Crippen LogP contribution in [0.15, 0.2) is 29.4 Å². The lowest BCUT2D eigenvalue weighted by atomic mass is 10.2. The number of hydrogen-bond donors (Lipinski definition) is 1. The van der Waals surface area contributed by atoms with E-state index in [2.05, 4.69) is 10.0 Å². The van der Waals surface area contributed by atoms with Gasteiger partial charge in [-0.3, -0.25) is 4.79 Å². The summed E-state index contributed by atoms with van der Waals surface area (Å²) < 4.78 is 0. The third-order valence-corrected chi connectivity index (χ3v) is 1.29. The Morgan fingerprint density at radius 3 is 2.92 bits per heavy atom. The van der Waals surface area contributed by atoms with Crippen LogP contribution in [0.5, 0.6) is 0 Å². The molecule has 0 fully saturated rings. The summed E-state index contributed by atoms with van der Waals surface area (Å²) in [5.41, 5.74) is 13.8. The molecule has 0 aliphatic rings. The molecule has 5 nitrogen and oxygen atoms in total. The molecule has 1 rings (SSSR count). The number of nitrogens with zero attached hydrogens (tertiary/aromatic N) is 3. The number of carbonyl (C=O) groups excluding carboxylic acids is 1. The number of amides is 1. The van der Waals surface area contributed by atoms with Crippen molar-refractivity contribution in [3.8, 4) is 0 Å². The fourth-order valence-electron chi connectivity index (χ4n) is 0.773. The Bertz CT molecular complexity index is 337. The van der Waals surface area contributed by atoms with Crippen LogP contribution >= 0.6 is 0 Å². The molecule has 1 aromatic rings. The summed E-state index contributed by atoms with van der Waals surface area (Å²) in [6, 6.07) is 6.18. The summed E-state index contributed by atoms with van der Waals surface area (Å²) in [5, 5.41) is 3.32. The van der Waals surface area contributed by atoms with Gasteiger partial charge in [-0.2, -0.15) is 0 Å². The van der Waals surface area contributed by atoms with Crippen molar-refractivity contribution in [2.24, 2.45) is 10.8 Å². The second kappa shape index (κ2) is 3.41. The smallest absolute Gasteiger partial charge is 0.248 e. The molecule has 0 spiro atoms. The van der Waals surface area contributed by atoms with Crippen LogP contribution in [0.2, 0.25) is 0 Å². The summed E-state index contributed by atoms with van der Waals surface area (Å²) in [6.07, 6.45) is 0. The van der Waals surface area contributed by atoms with E-state index >= 15 is 0 Å². The Hall–Kier alpha value is -2.00. The fraction of sp³-hybridized carbons (Fsp3) is 0. The molecule has 0 aromatic heterocycles. The van der Waals surface area contributed by atoms with E-state index < -0.39 is 5.91 Å². The Balaban J connectivity index is 3.11. The highest BCUT2D eigenvalue weighted by Crippen LogP contribution is 2.13. The van der Waals surface area contributed by atoms with Crippen LogP contribution in [0.1, 0.15) is 10.4 Å². The first-order chi connectivity index (χ1) is 5.74. The lowest BCUT2D eigenvalue weighted by molar-refractivity contribution is 0.100. The largest absolute Gasteiger partial charge is 0.366 e. The molecule has 0 saturated heterocycles. The van der Waals surface area contributed by atoms with Crippen LogP contribution in [0.4, 0.5) is 5.69 Å². The van der Waals surface area contributed by atoms with Gasteiger partial charge in [-0.1, -0.05) is 17.2 Å². The number of hydrogen-bond acceptors (Lipinski definition) is 2. The van der Waals surface area contributed by atoms with Crippen molar-refractivity contribution in [1.82, 2.24) is 0 Å². The number of benzene rings is 1. The van der Waals surface area contributed by atoms with Crippen molar-refractivity contribution < 1.29 is 4.79 Å². The second-order valence-electron chi connectivity index (χ2n) is 2.10. The molecule has 0 heterocycles. The fourth-order valence-corrected chi connectivity index (χ4v) is 0.773. The van der Waals surface area contributed by atoms with E-state index in [1.165, 1.54) is 6.07 Å². The van der Waals surface area contributed by atoms with E-state index in [0.717, 1.165) is 0 Å². The summed E-state index contributed by atoms with van der Waals surface area (Å²) in [5.74, 6) is -0.537. The maximum atomic E-state index is 10.6. The highest BCUT2D eigenvalue weighted by Gasteiger charge is 1.98. The monoisotopic (exact) mass is 162 g/mol. The van der Waals surface area contributed by atoms with E-state index in [1.807, 2.05) is 0 Å². The first-order valence-corrected chi connectivity index (χ1v) is 3.19. The van der Waals surface area contributed by atoms with Crippen LogP contribution in [-0.4, -0.2) is 5.91 Å². The molecule has 0 aliphatic carbocycles. The molecule has 2 N–H and O–H groups in total. The summed E-state index contributed by atoms with van der Waals surface area (Å²) in [4.78, 5) is 13.2. The van der Waals surface area contributed by atoms with Gasteiger partial charge in [0.1, 0.15) is 0 Å². The van der Waals surface area contributed by atoms with Gasteiger partial charge in [-0.25, -0.2) is 0 Å². The molecule has 0 radical (unpaired) electrons. The van der Waals surface area contributed by atoms with Gasteiger partial charge in [-0.15, -0.1) is 0 Å². The number of nitrogens with two attached hydrogens (primary N) is 1. The normalized spacial score (nSPS) is 8.67. The maximum absolute atomic E-state index is 10.6. The first kappa shape index (κ1) is 8.10. The predicted octanol–water partition coefficient (Wildman–Crippen LogP) is 1.73. The van der Waals surface area contributed by atoms with Crippen LogP contribution < -0.4 is 5.73 Å². The third kappa shape index (κ3) is 1.74. The SMILES string of the molecule is [N-]=[N+]=Nc1cccc(C(N)=O)c1. The van der Waals surface area contributed by atoms with Crippen LogP contribution in [-0.2, 0) is 0 Å². The summed E-state index contributed by atoms with van der Waals surface area (Å²) in [6.45, 7) is 0. The molecule has 0 aliphatic heterocycles. The van der Waals surface area contributed by atoms with Gasteiger partial charge in [0.05, 0.1) is 0 Å². The minimum Gasteiger partial charge on any atom is -0.366 e. The van der Waals surface area contributed by atoms with Crippen molar-refractivity contribution in [3.63, 3.8) is 0 Å². The molecular formula is C7H6N4O. The first-order valence-electron chi connectivity index (χ1n) is 3.19. The highest BCUT2D eigenvalue weighted by atomic mass is 16.1. The quantitative estimate of drug-likeness (QED) is 0.400. The minimum atomic E-state index is -0.537. The second-order valence-corrected chi connectivity index (χ2v) is 2.10. The molecular weight excluding hydrogens is 156 g/mol. The zero-order valence-electron chi connectivity index (χ0n) is 6.14. The van der Waals surface area contributed by atoms with Gasteiger partial charge < -0.3 is 5.73 Å². The average Bonchev–Trinajstić information content (AvgIpc) is 2.05. The van der Waals surface area contributed by atoms with Gasteiger partial charge in [0.25, 0.3) is 0 Å². The van der Waals surface area contributed by atoms with E-state index in [4.69, 9.17) is 11.3 Å². The lowest BCUT2D eigenvalue weighted by Crippen LogP contribution is -2.10. The number of carbonyl (C=O) groups is 1. The Morgan fingerprint density at radius 2 is 2.33 bits per heavy atom. The Morgan fingerprint density at radius 1 is 1.58 bits per heavy atom. The van der Waals surface area contributed by atoms with E-state index in [-0.39, 0.29) is 0 Å². The molecule has 1 amide bonds. The lowest BCUT2D eigenvalue weighted by Gasteiger charge is -1.94. The van der Waals surface area contributed by atoms with Crippen LogP contribution in [0.25, 0.3) is 10.4 Å². The minimum absolute atomic E-state index is 0.333. The van der Waals surface area contributed by atoms with E-state index in [0.29, 0.717) is 11.3 Å². The van der Waals surface area contributed by atoms with Crippen molar-refractivity contribution in [1.29, 1.82) is 0 Å². The van der Waals surface area contributed by atoms with Crippen LogP contribution in [0, 0.1) is 0 Å². The molecule has 0 atom stereocenters. The molecule has 0 bridgehead atoms. The maximum Gasteiger partial charge on any atom is 0.248 e. The van der Waals surface area contributed by atoms with E-state index in [9.17, 15) is 4.79 Å². The molecule has 12 heavy (non-hydrogen) atoms. The van der Waals surface area contributed by atoms with Gasteiger partial charge in [-0.05, 0) is 17.7 Å². The van der Waals surface area contributed by atoms with Crippen molar-refractivity contribution in [3.05, 3.63) is 40.3 Å². The van der Waals surface area contributed by atoms with E-state index in [1.54, 1.807) is 18.2 Å². The van der Waals surface area contributed by atoms with Gasteiger partial charge >= 0.3 is 0 Å². The Kier molecular flexibility index (Phi) is 2.30. The highest BCUT2D eigenvalue weighted by molar-refractivity contribution is 5.93. The van der Waals surface area contributed by atoms with Gasteiger partial charge in [0.15, 0.2) is 0 Å². The summed E-state index contributed by atoms with van der Waals surface area (Å²) in [7, 11) is 0. The number of azide groups is 1. The third-order valence-electron chi connectivity index (χ3n) is 1.29. The topological polar surface area (TPSA) is 91.8 Å². The zero-order chi connectivity index (χ0) is 8.97. The van der Waals surface area contributed by atoms with Gasteiger partial charge in [0, 0.05) is 16.2 Å². The van der Waals surface area contributed by atoms with Crippen molar-refractivity contribution in [2.75, 3.05) is 0 Å². The predicted molar refractivity (Wildman–Crippen MR) is 43.8 cm³/mol. The van der Waals surface area contributed by atoms with Gasteiger partial charge in [0.2, 0.25) is 5.91 Å². The molecule has 0 unspecified atom stereocenters. The Labute approximate surface area is 68.4 Å². The van der Waals surface area contributed by atoms with Crippen LogP contribution in [0.3, 0.4) is 0 Å².